The van der Waals surface area contributed by atoms with Gasteiger partial charge in [-0.15, -0.1) is 0 Å². The standard InChI is InChI=1S/C10H20N2O2/c1-10(2,3)14-9(13)12-8(6-11)7-4-5-7/h7-8H,4-6,11H2,1-3H3,(H,12,13)/t8-/m0/s1. The third-order valence-corrected chi connectivity index (χ3v) is 2.15. The van der Waals surface area contributed by atoms with Crippen molar-refractivity contribution in [1.82, 2.24) is 5.32 Å². The molecule has 4 nitrogen and oxygen atoms in total. The molecule has 1 rings (SSSR count). The van der Waals surface area contributed by atoms with Gasteiger partial charge in [0.2, 0.25) is 0 Å². The summed E-state index contributed by atoms with van der Waals surface area (Å²) >= 11 is 0. The minimum atomic E-state index is -0.438. The highest BCUT2D eigenvalue weighted by Crippen LogP contribution is 2.32. The zero-order valence-corrected chi connectivity index (χ0v) is 9.17. The maximum absolute atomic E-state index is 11.4. The molecule has 14 heavy (non-hydrogen) atoms. The Balaban J connectivity index is 2.31. The van der Waals surface area contributed by atoms with Gasteiger partial charge in [-0.05, 0) is 39.5 Å². The smallest absolute Gasteiger partial charge is 0.407 e. The van der Waals surface area contributed by atoms with Crippen LogP contribution in [0.4, 0.5) is 4.79 Å². The second-order valence-corrected chi connectivity index (χ2v) is 4.83. The monoisotopic (exact) mass is 200 g/mol. The summed E-state index contributed by atoms with van der Waals surface area (Å²) in [5.74, 6) is 0.563. The number of carbonyl (C=O) groups excluding carboxylic acids is 1. The van der Waals surface area contributed by atoms with Crippen LogP contribution in [0.15, 0.2) is 0 Å². The van der Waals surface area contributed by atoms with E-state index in [4.69, 9.17) is 10.5 Å². The first-order valence-electron chi connectivity index (χ1n) is 5.12. The number of alkyl carbamates (subject to hydrolysis) is 1. The molecule has 3 N–H and O–H groups in total. The Bertz CT molecular complexity index is 207. The van der Waals surface area contributed by atoms with Crippen molar-refractivity contribution in [2.75, 3.05) is 6.54 Å². The van der Waals surface area contributed by atoms with E-state index in [-0.39, 0.29) is 12.1 Å². The lowest BCUT2D eigenvalue weighted by Gasteiger charge is -2.22. The molecule has 0 radical (unpaired) electrons. The molecule has 0 saturated heterocycles. The van der Waals surface area contributed by atoms with E-state index >= 15 is 0 Å². The third kappa shape index (κ3) is 3.96. The first kappa shape index (κ1) is 11.3. The van der Waals surface area contributed by atoms with Gasteiger partial charge in [0.25, 0.3) is 0 Å². The van der Waals surface area contributed by atoms with Crippen LogP contribution in [0.1, 0.15) is 33.6 Å². The topological polar surface area (TPSA) is 64.3 Å². The third-order valence-electron chi connectivity index (χ3n) is 2.15. The Kier molecular flexibility index (Phi) is 3.37. The summed E-state index contributed by atoms with van der Waals surface area (Å²) in [4.78, 5) is 11.4. The minimum absolute atomic E-state index is 0.0878. The first-order valence-corrected chi connectivity index (χ1v) is 5.12. The molecule has 0 bridgehead atoms. The van der Waals surface area contributed by atoms with E-state index in [0.717, 1.165) is 12.8 Å². The lowest BCUT2D eigenvalue weighted by atomic mass is 10.2. The van der Waals surface area contributed by atoms with Crippen LogP contribution in [0.2, 0.25) is 0 Å². The summed E-state index contributed by atoms with van der Waals surface area (Å²) in [7, 11) is 0. The van der Waals surface area contributed by atoms with E-state index in [9.17, 15) is 4.79 Å². The number of rotatable bonds is 3. The number of nitrogens with one attached hydrogen (secondary N) is 1. The fourth-order valence-corrected chi connectivity index (χ4v) is 1.33. The van der Waals surface area contributed by atoms with Crippen LogP contribution in [-0.4, -0.2) is 24.3 Å². The average molecular weight is 200 g/mol. The van der Waals surface area contributed by atoms with E-state index in [0.29, 0.717) is 12.5 Å². The Morgan fingerprint density at radius 1 is 1.57 bits per heavy atom. The second kappa shape index (κ2) is 4.17. The molecule has 4 heteroatoms. The average Bonchev–Trinajstić information content (AvgIpc) is 2.78. The molecule has 1 aliphatic carbocycles. The van der Waals surface area contributed by atoms with Crippen LogP contribution in [0.3, 0.4) is 0 Å². The summed E-state index contributed by atoms with van der Waals surface area (Å²) in [5.41, 5.74) is 5.12. The molecule has 1 fully saturated rings. The Morgan fingerprint density at radius 3 is 2.50 bits per heavy atom. The van der Waals surface area contributed by atoms with Gasteiger partial charge in [-0.2, -0.15) is 0 Å². The lowest BCUT2D eigenvalue weighted by molar-refractivity contribution is 0.0500. The number of ether oxygens (including phenoxy) is 1. The molecule has 1 atom stereocenters. The summed E-state index contributed by atoms with van der Waals surface area (Å²) in [5, 5.41) is 2.80. The van der Waals surface area contributed by atoms with Crippen molar-refractivity contribution in [2.24, 2.45) is 11.7 Å². The quantitative estimate of drug-likeness (QED) is 0.720. The molecule has 82 valence electrons. The van der Waals surface area contributed by atoms with Gasteiger partial charge in [0.1, 0.15) is 5.60 Å². The maximum Gasteiger partial charge on any atom is 0.407 e. The first-order chi connectivity index (χ1) is 6.42. The van der Waals surface area contributed by atoms with Crippen LogP contribution in [0.25, 0.3) is 0 Å². The van der Waals surface area contributed by atoms with Crippen molar-refractivity contribution in [3.63, 3.8) is 0 Å². The molecule has 1 aliphatic rings. The zero-order chi connectivity index (χ0) is 10.8. The number of hydrogen-bond donors (Lipinski definition) is 2. The van der Waals surface area contributed by atoms with Crippen LogP contribution < -0.4 is 11.1 Å². The van der Waals surface area contributed by atoms with E-state index in [1.54, 1.807) is 0 Å². The fourth-order valence-electron chi connectivity index (χ4n) is 1.33. The predicted octanol–water partition coefficient (Wildman–Crippen LogP) is 1.25. The van der Waals surface area contributed by atoms with Crippen LogP contribution >= 0.6 is 0 Å². The normalized spacial score (nSPS) is 18.9. The van der Waals surface area contributed by atoms with Crippen molar-refractivity contribution in [3.05, 3.63) is 0 Å². The summed E-state index contributed by atoms with van der Waals surface area (Å²) in [6.45, 7) is 6.04. The Morgan fingerprint density at radius 2 is 2.14 bits per heavy atom. The maximum atomic E-state index is 11.4. The van der Waals surface area contributed by atoms with E-state index in [1.165, 1.54) is 0 Å². The number of nitrogens with two attached hydrogens (primary N) is 1. The molecule has 0 unspecified atom stereocenters. The molecule has 1 saturated carbocycles. The van der Waals surface area contributed by atoms with E-state index in [1.807, 2.05) is 20.8 Å². The molecular formula is C10H20N2O2. The van der Waals surface area contributed by atoms with Crippen LogP contribution in [-0.2, 0) is 4.74 Å². The number of amides is 1. The van der Waals surface area contributed by atoms with E-state index in [2.05, 4.69) is 5.32 Å². The van der Waals surface area contributed by atoms with Gasteiger partial charge in [-0.25, -0.2) is 4.79 Å². The Labute approximate surface area is 85.2 Å². The SMILES string of the molecule is CC(C)(C)OC(=O)N[C@@H](CN)C1CC1. The molecule has 0 aromatic carbocycles. The number of carbonyl (C=O) groups is 1. The molecule has 0 heterocycles. The summed E-state index contributed by atoms with van der Waals surface area (Å²) in [6.07, 6.45) is 1.97. The van der Waals surface area contributed by atoms with Gasteiger partial charge >= 0.3 is 6.09 Å². The Hall–Kier alpha value is -0.770. The molecule has 0 aliphatic heterocycles. The van der Waals surface area contributed by atoms with Gasteiger partial charge in [0, 0.05) is 12.6 Å². The largest absolute Gasteiger partial charge is 0.444 e. The van der Waals surface area contributed by atoms with Crippen LogP contribution in [0, 0.1) is 5.92 Å². The number of hydrogen-bond acceptors (Lipinski definition) is 3. The molecular weight excluding hydrogens is 180 g/mol. The van der Waals surface area contributed by atoms with Gasteiger partial charge in [-0.1, -0.05) is 0 Å². The summed E-state index contributed by atoms with van der Waals surface area (Å²) < 4.78 is 5.14. The highest BCUT2D eigenvalue weighted by Gasteiger charge is 2.32. The van der Waals surface area contributed by atoms with Gasteiger partial charge in [-0.3, -0.25) is 0 Å². The highest BCUT2D eigenvalue weighted by atomic mass is 16.6. The summed E-state index contributed by atoms with van der Waals surface area (Å²) in [6, 6.07) is 0.0878. The van der Waals surface area contributed by atoms with Crippen molar-refractivity contribution >= 4 is 6.09 Å². The molecule has 0 aromatic heterocycles. The van der Waals surface area contributed by atoms with Crippen LogP contribution in [0.5, 0.6) is 0 Å². The molecule has 0 spiro atoms. The van der Waals surface area contributed by atoms with Crippen molar-refractivity contribution in [1.29, 1.82) is 0 Å². The molecule has 0 aromatic rings. The fraction of sp³-hybridized carbons (Fsp3) is 0.900. The predicted molar refractivity (Wildman–Crippen MR) is 54.9 cm³/mol. The second-order valence-electron chi connectivity index (χ2n) is 4.83. The van der Waals surface area contributed by atoms with E-state index < -0.39 is 5.60 Å². The van der Waals surface area contributed by atoms with Gasteiger partial charge in [0.15, 0.2) is 0 Å². The minimum Gasteiger partial charge on any atom is -0.444 e. The van der Waals surface area contributed by atoms with Gasteiger partial charge in [0.05, 0.1) is 0 Å². The van der Waals surface area contributed by atoms with Crippen molar-refractivity contribution in [3.8, 4) is 0 Å². The zero-order valence-electron chi connectivity index (χ0n) is 9.17. The van der Waals surface area contributed by atoms with Crippen molar-refractivity contribution in [2.45, 2.75) is 45.3 Å². The van der Waals surface area contributed by atoms with Crippen molar-refractivity contribution < 1.29 is 9.53 Å². The lowest BCUT2D eigenvalue weighted by Crippen LogP contribution is -2.44. The highest BCUT2D eigenvalue weighted by molar-refractivity contribution is 5.68. The molecule has 1 amide bonds. The van der Waals surface area contributed by atoms with Gasteiger partial charge < -0.3 is 15.8 Å².